The maximum atomic E-state index is 9.70. The van der Waals surface area contributed by atoms with Crippen LogP contribution in [0.15, 0.2) is 22.6 Å². The minimum absolute atomic E-state index is 0.198. The molecule has 0 aliphatic carbocycles. The number of rotatable bonds is 4. The zero-order valence-corrected chi connectivity index (χ0v) is 10.7. The molecular formula is C13H16N2O3. The molecule has 18 heavy (non-hydrogen) atoms. The van der Waals surface area contributed by atoms with E-state index in [0.29, 0.717) is 17.5 Å². The molecule has 1 N–H and O–H groups in total. The number of aryl methyl sites for hydroxylation is 2. The fraction of sp³-hybridized carbons (Fsp3) is 0.385. The molecule has 5 nitrogen and oxygen atoms in total. The van der Waals surface area contributed by atoms with Gasteiger partial charge in [-0.25, -0.2) is 0 Å². The SMILES string of the molecule is Cc1ccc(OCc2nnc(C)o2)c(C(C)O)c1. The van der Waals surface area contributed by atoms with Crippen molar-refractivity contribution in [3.05, 3.63) is 41.1 Å². The van der Waals surface area contributed by atoms with Gasteiger partial charge in [0.05, 0.1) is 6.10 Å². The fourth-order valence-corrected chi connectivity index (χ4v) is 1.66. The Morgan fingerprint density at radius 2 is 2.11 bits per heavy atom. The van der Waals surface area contributed by atoms with Gasteiger partial charge in [-0.15, -0.1) is 10.2 Å². The van der Waals surface area contributed by atoms with Crippen LogP contribution in [0.3, 0.4) is 0 Å². The van der Waals surface area contributed by atoms with E-state index in [0.717, 1.165) is 11.1 Å². The Morgan fingerprint density at radius 3 is 2.72 bits per heavy atom. The lowest BCUT2D eigenvalue weighted by Gasteiger charge is -2.13. The highest BCUT2D eigenvalue weighted by molar-refractivity contribution is 5.38. The summed E-state index contributed by atoms with van der Waals surface area (Å²) in [5.41, 5.74) is 1.83. The van der Waals surface area contributed by atoms with Gasteiger partial charge >= 0.3 is 0 Å². The number of hydrogen-bond donors (Lipinski definition) is 1. The topological polar surface area (TPSA) is 68.4 Å². The molecule has 0 saturated carbocycles. The lowest BCUT2D eigenvalue weighted by Crippen LogP contribution is -2.01. The van der Waals surface area contributed by atoms with E-state index in [1.165, 1.54) is 0 Å². The van der Waals surface area contributed by atoms with Crippen LogP contribution < -0.4 is 4.74 Å². The molecule has 0 spiro atoms. The van der Waals surface area contributed by atoms with Gasteiger partial charge in [-0.3, -0.25) is 0 Å². The molecular weight excluding hydrogens is 232 g/mol. The van der Waals surface area contributed by atoms with Crippen molar-refractivity contribution in [2.24, 2.45) is 0 Å². The summed E-state index contributed by atoms with van der Waals surface area (Å²) in [4.78, 5) is 0. The Labute approximate surface area is 105 Å². The Bertz CT molecular complexity index is 535. The van der Waals surface area contributed by atoms with Crippen LogP contribution in [0.5, 0.6) is 5.75 Å². The molecule has 0 aliphatic heterocycles. The molecule has 1 heterocycles. The monoisotopic (exact) mass is 248 g/mol. The first-order chi connectivity index (χ1) is 8.56. The first-order valence-electron chi connectivity index (χ1n) is 5.76. The van der Waals surface area contributed by atoms with E-state index in [1.54, 1.807) is 13.8 Å². The first-order valence-corrected chi connectivity index (χ1v) is 5.76. The molecule has 0 fully saturated rings. The van der Waals surface area contributed by atoms with Crippen LogP contribution in [0.25, 0.3) is 0 Å². The van der Waals surface area contributed by atoms with Crippen LogP contribution in [0, 0.1) is 13.8 Å². The zero-order chi connectivity index (χ0) is 13.1. The highest BCUT2D eigenvalue weighted by Crippen LogP contribution is 2.26. The molecule has 0 aliphatic rings. The summed E-state index contributed by atoms with van der Waals surface area (Å²) < 4.78 is 10.8. The van der Waals surface area contributed by atoms with Gasteiger partial charge in [0.15, 0.2) is 6.61 Å². The van der Waals surface area contributed by atoms with Crippen molar-refractivity contribution in [2.75, 3.05) is 0 Å². The van der Waals surface area contributed by atoms with Gasteiger partial charge in [0.2, 0.25) is 5.89 Å². The quantitative estimate of drug-likeness (QED) is 0.899. The van der Waals surface area contributed by atoms with Gasteiger partial charge in [-0.2, -0.15) is 0 Å². The smallest absolute Gasteiger partial charge is 0.253 e. The zero-order valence-electron chi connectivity index (χ0n) is 10.7. The molecule has 1 unspecified atom stereocenters. The Kier molecular flexibility index (Phi) is 3.62. The Morgan fingerprint density at radius 1 is 1.33 bits per heavy atom. The fourth-order valence-electron chi connectivity index (χ4n) is 1.66. The van der Waals surface area contributed by atoms with E-state index in [9.17, 15) is 5.11 Å². The lowest BCUT2D eigenvalue weighted by molar-refractivity contribution is 0.187. The van der Waals surface area contributed by atoms with Gasteiger partial charge in [0.1, 0.15) is 5.75 Å². The number of aromatic nitrogens is 2. The molecule has 5 heteroatoms. The van der Waals surface area contributed by atoms with Crippen LogP contribution in [0.1, 0.15) is 35.9 Å². The van der Waals surface area contributed by atoms with E-state index >= 15 is 0 Å². The minimum Gasteiger partial charge on any atom is -0.483 e. The largest absolute Gasteiger partial charge is 0.483 e. The number of nitrogens with zero attached hydrogens (tertiary/aromatic N) is 2. The molecule has 0 amide bonds. The van der Waals surface area contributed by atoms with E-state index < -0.39 is 6.10 Å². The van der Waals surface area contributed by atoms with Gasteiger partial charge in [0.25, 0.3) is 5.89 Å². The Hall–Kier alpha value is -1.88. The molecule has 0 bridgehead atoms. The summed E-state index contributed by atoms with van der Waals surface area (Å²) in [7, 11) is 0. The summed E-state index contributed by atoms with van der Waals surface area (Å²) in [6.45, 7) is 5.60. The number of aliphatic hydroxyl groups is 1. The number of hydrogen-bond acceptors (Lipinski definition) is 5. The first kappa shape index (κ1) is 12.6. The van der Waals surface area contributed by atoms with Crippen molar-refractivity contribution in [3.63, 3.8) is 0 Å². The van der Waals surface area contributed by atoms with Crippen LogP contribution in [-0.4, -0.2) is 15.3 Å². The highest BCUT2D eigenvalue weighted by Gasteiger charge is 2.11. The van der Waals surface area contributed by atoms with Gasteiger partial charge in [-0.05, 0) is 26.0 Å². The second-order valence-corrected chi connectivity index (χ2v) is 4.22. The van der Waals surface area contributed by atoms with Crippen LogP contribution in [0.2, 0.25) is 0 Å². The minimum atomic E-state index is -0.579. The molecule has 1 atom stereocenters. The van der Waals surface area contributed by atoms with E-state index in [-0.39, 0.29) is 6.61 Å². The van der Waals surface area contributed by atoms with Crippen molar-refractivity contribution in [3.8, 4) is 5.75 Å². The van der Waals surface area contributed by atoms with Crippen molar-refractivity contribution in [1.29, 1.82) is 0 Å². The van der Waals surface area contributed by atoms with Gasteiger partial charge in [0, 0.05) is 12.5 Å². The normalized spacial score (nSPS) is 12.4. The van der Waals surface area contributed by atoms with Crippen LogP contribution >= 0.6 is 0 Å². The summed E-state index contributed by atoms with van der Waals surface area (Å²) in [5, 5.41) is 17.3. The summed E-state index contributed by atoms with van der Waals surface area (Å²) in [5.74, 6) is 1.56. The summed E-state index contributed by atoms with van der Waals surface area (Å²) >= 11 is 0. The lowest BCUT2D eigenvalue weighted by atomic mass is 10.1. The Balaban J connectivity index is 2.13. The van der Waals surface area contributed by atoms with Gasteiger partial charge < -0.3 is 14.3 Å². The van der Waals surface area contributed by atoms with Crippen LogP contribution in [0.4, 0.5) is 0 Å². The van der Waals surface area contributed by atoms with Crippen molar-refractivity contribution >= 4 is 0 Å². The number of aliphatic hydroxyl groups excluding tert-OH is 1. The molecule has 0 radical (unpaired) electrons. The molecule has 1 aromatic heterocycles. The third-order valence-electron chi connectivity index (χ3n) is 2.53. The summed E-state index contributed by atoms with van der Waals surface area (Å²) in [6.07, 6.45) is -0.579. The van der Waals surface area contributed by atoms with Crippen molar-refractivity contribution in [1.82, 2.24) is 10.2 Å². The van der Waals surface area contributed by atoms with E-state index in [4.69, 9.17) is 9.15 Å². The molecule has 96 valence electrons. The van der Waals surface area contributed by atoms with Crippen LogP contribution in [-0.2, 0) is 6.61 Å². The maximum Gasteiger partial charge on any atom is 0.253 e. The van der Waals surface area contributed by atoms with Crippen molar-refractivity contribution < 1.29 is 14.3 Å². The third kappa shape index (κ3) is 2.87. The van der Waals surface area contributed by atoms with Gasteiger partial charge in [-0.1, -0.05) is 11.6 Å². The summed E-state index contributed by atoms with van der Waals surface area (Å²) in [6, 6.07) is 5.67. The maximum absolute atomic E-state index is 9.70. The highest BCUT2D eigenvalue weighted by atomic mass is 16.5. The van der Waals surface area contributed by atoms with Crippen molar-refractivity contribution in [2.45, 2.75) is 33.5 Å². The predicted octanol–water partition coefficient (Wildman–Crippen LogP) is 2.32. The second kappa shape index (κ2) is 5.18. The molecule has 2 rings (SSSR count). The number of ether oxygens (including phenoxy) is 1. The molecule has 1 aromatic carbocycles. The molecule has 0 saturated heterocycles. The average Bonchev–Trinajstić information content (AvgIpc) is 2.73. The third-order valence-corrected chi connectivity index (χ3v) is 2.53. The van der Waals surface area contributed by atoms with E-state index in [1.807, 2.05) is 25.1 Å². The average molecular weight is 248 g/mol. The standard InChI is InChI=1S/C13H16N2O3/c1-8-4-5-12(11(6-8)9(2)16)17-7-13-15-14-10(3)18-13/h4-6,9,16H,7H2,1-3H3. The second-order valence-electron chi connectivity index (χ2n) is 4.22. The number of benzene rings is 1. The van der Waals surface area contributed by atoms with E-state index in [2.05, 4.69) is 10.2 Å². The predicted molar refractivity (Wildman–Crippen MR) is 65.2 cm³/mol. The molecule has 2 aromatic rings.